The molecule has 1 rings (SSSR count). The quantitative estimate of drug-likeness (QED) is 0.760. The van der Waals surface area contributed by atoms with Crippen molar-refractivity contribution in [1.29, 1.82) is 5.26 Å². The normalized spacial score (nSPS) is 12.1. The van der Waals surface area contributed by atoms with Gasteiger partial charge in [-0.05, 0) is 11.6 Å². The minimum Gasteiger partial charge on any atom is -0.392 e. The Hall–Kier alpha value is -1.44. The number of halogens is 1. The minimum atomic E-state index is -0.488. The molecule has 14 heavy (non-hydrogen) atoms. The number of aliphatic hydroxyl groups is 1. The maximum Gasteiger partial charge on any atom is 0.129 e. The maximum atomic E-state index is 13.2. The van der Waals surface area contributed by atoms with Gasteiger partial charge in [0.1, 0.15) is 5.82 Å². The average molecular weight is 194 g/mol. The van der Waals surface area contributed by atoms with E-state index < -0.39 is 11.9 Å². The van der Waals surface area contributed by atoms with E-state index in [1.54, 1.807) is 6.07 Å². The van der Waals surface area contributed by atoms with Crippen LogP contribution in [0.5, 0.6) is 0 Å². The number of nitrogens with zero attached hydrogens (tertiary/aromatic N) is 1. The van der Waals surface area contributed by atoms with Gasteiger partial charge in [-0.2, -0.15) is 5.26 Å². The van der Waals surface area contributed by atoms with Crippen LogP contribution in [-0.4, -0.2) is 5.11 Å². The van der Waals surface area contributed by atoms with Crippen molar-refractivity contribution in [3.05, 3.63) is 35.1 Å². The molecule has 0 saturated heterocycles. The Morgan fingerprint density at radius 2 is 2.29 bits per heavy atom. The molecular formula is C10H11FN2O. The molecular weight excluding hydrogens is 183 g/mol. The van der Waals surface area contributed by atoms with E-state index >= 15 is 0 Å². The number of hydrogen-bond donors (Lipinski definition) is 2. The van der Waals surface area contributed by atoms with E-state index in [2.05, 4.69) is 0 Å². The van der Waals surface area contributed by atoms with E-state index in [9.17, 15) is 4.39 Å². The van der Waals surface area contributed by atoms with Crippen molar-refractivity contribution in [1.82, 2.24) is 0 Å². The predicted molar refractivity (Wildman–Crippen MR) is 49.5 cm³/mol. The van der Waals surface area contributed by atoms with Crippen molar-refractivity contribution in [2.45, 2.75) is 19.1 Å². The zero-order chi connectivity index (χ0) is 10.6. The second kappa shape index (κ2) is 4.70. The monoisotopic (exact) mass is 194 g/mol. The van der Waals surface area contributed by atoms with Crippen LogP contribution in [0.15, 0.2) is 18.2 Å². The Bertz CT molecular complexity index is 360. The lowest BCUT2D eigenvalue weighted by atomic mass is 10.0. The van der Waals surface area contributed by atoms with Crippen LogP contribution >= 0.6 is 0 Å². The van der Waals surface area contributed by atoms with Crippen molar-refractivity contribution < 1.29 is 9.50 Å². The molecule has 1 unspecified atom stereocenters. The van der Waals surface area contributed by atoms with Crippen LogP contribution in [0.2, 0.25) is 0 Å². The highest BCUT2D eigenvalue weighted by Gasteiger charge is 2.08. The number of nitriles is 1. The van der Waals surface area contributed by atoms with Crippen molar-refractivity contribution in [2.24, 2.45) is 5.73 Å². The fourth-order valence-corrected chi connectivity index (χ4v) is 1.14. The molecule has 0 amide bonds. The SMILES string of the molecule is N#CCC(N)c1ccc(CO)c(F)c1. The van der Waals surface area contributed by atoms with Gasteiger partial charge in [-0.25, -0.2) is 4.39 Å². The van der Waals surface area contributed by atoms with E-state index in [0.717, 1.165) is 0 Å². The predicted octanol–water partition coefficient (Wildman–Crippen LogP) is 1.23. The summed E-state index contributed by atoms with van der Waals surface area (Å²) in [5.41, 5.74) is 6.42. The summed E-state index contributed by atoms with van der Waals surface area (Å²) in [5.74, 6) is -0.488. The van der Waals surface area contributed by atoms with Crippen LogP contribution in [0.25, 0.3) is 0 Å². The van der Waals surface area contributed by atoms with Crippen LogP contribution in [0, 0.1) is 17.1 Å². The average Bonchev–Trinajstić information content (AvgIpc) is 2.18. The smallest absolute Gasteiger partial charge is 0.129 e. The van der Waals surface area contributed by atoms with Crippen LogP contribution in [0.3, 0.4) is 0 Å². The van der Waals surface area contributed by atoms with Gasteiger partial charge in [0.25, 0.3) is 0 Å². The summed E-state index contributed by atoms with van der Waals surface area (Å²) in [6.45, 7) is -0.334. The summed E-state index contributed by atoms with van der Waals surface area (Å²) in [7, 11) is 0. The first-order valence-electron chi connectivity index (χ1n) is 4.20. The first-order chi connectivity index (χ1) is 6.69. The van der Waals surface area contributed by atoms with Crippen molar-refractivity contribution in [3.63, 3.8) is 0 Å². The van der Waals surface area contributed by atoms with Gasteiger partial charge in [-0.3, -0.25) is 0 Å². The van der Waals surface area contributed by atoms with Gasteiger partial charge in [-0.15, -0.1) is 0 Å². The Balaban J connectivity index is 2.92. The number of nitrogens with two attached hydrogens (primary N) is 1. The van der Waals surface area contributed by atoms with E-state index in [1.165, 1.54) is 12.1 Å². The largest absolute Gasteiger partial charge is 0.392 e. The molecule has 0 heterocycles. The molecule has 74 valence electrons. The van der Waals surface area contributed by atoms with Crippen molar-refractivity contribution >= 4 is 0 Å². The summed E-state index contributed by atoms with van der Waals surface area (Å²) in [4.78, 5) is 0. The van der Waals surface area contributed by atoms with Crippen LogP contribution in [0.1, 0.15) is 23.6 Å². The minimum absolute atomic E-state index is 0.151. The topological polar surface area (TPSA) is 70.0 Å². The third kappa shape index (κ3) is 2.28. The summed E-state index contributed by atoms with van der Waals surface area (Å²) in [6, 6.07) is 5.80. The molecule has 0 aliphatic carbocycles. The molecule has 0 bridgehead atoms. The second-order valence-corrected chi connectivity index (χ2v) is 2.98. The Labute approximate surface area is 81.6 Å². The third-order valence-corrected chi connectivity index (χ3v) is 1.99. The van der Waals surface area contributed by atoms with Gasteiger partial charge in [0.15, 0.2) is 0 Å². The number of aliphatic hydroxyl groups excluding tert-OH is 1. The molecule has 0 saturated carbocycles. The molecule has 0 spiro atoms. The Kier molecular flexibility index (Phi) is 3.57. The third-order valence-electron chi connectivity index (χ3n) is 1.99. The molecule has 1 aromatic rings. The molecule has 0 aliphatic heterocycles. The molecule has 0 aliphatic rings. The highest BCUT2D eigenvalue weighted by Crippen LogP contribution is 2.17. The van der Waals surface area contributed by atoms with Crippen LogP contribution in [-0.2, 0) is 6.61 Å². The number of benzene rings is 1. The molecule has 1 atom stereocenters. The maximum absolute atomic E-state index is 13.2. The lowest BCUT2D eigenvalue weighted by molar-refractivity contribution is 0.275. The zero-order valence-corrected chi connectivity index (χ0v) is 7.57. The zero-order valence-electron chi connectivity index (χ0n) is 7.57. The lowest BCUT2D eigenvalue weighted by Crippen LogP contribution is -2.09. The Morgan fingerprint density at radius 3 is 2.79 bits per heavy atom. The van der Waals surface area contributed by atoms with E-state index in [4.69, 9.17) is 16.1 Å². The van der Waals surface area contributed by atoms with Gasteiger partial charge >= 0.3 is 0 Å². The highest BCUT2D eigenvalue weighted by atomic mass is 19.1. The highest BCUT2D eigenvalue weighted by molar-refractivity contribution is 5.26. The molecule has 1 aromatic carbocycles. The van der Waals surface area contributed by atoms with E-state index in [0.29, 0.717) is 5.56 Å². The Morgan fingerprint density at radius 1 is 1.57 bits per heavy atom. The van der Waals surface area contributed by atoms with Gasteiger partial charge in [0.05, 0.1) is 19.1 Å². The fourth-order valence-electron chi connectivity index (χ4n) is 1.14. The molecule has 0 aromatic heterocycles. The molecule has 4 heteroatoms. The van der Waals surface area contributed by atoms with Gasteiger partial charge in [0.2, 0.25) is 0 Å². The second-order valence-electron chi connectivity index (χ2n) is 2.98. The molecule has 0 radical (unpaired) electrons. The number of rotatable bonds is 3. The van der Waals surface area contributed by atoms with Crippen LogP contribution in [0.4, 0.5) is 4.39 Å². The molecule has 3 nitrogen and oxygen atoms in total. The molecule has 0 fully saturated rings. The standard InChI is InChI=1S/C10H11FN2O/c11-9-5-7(10(13)3-4-12)1-2-8(9)6-14/h1-2,5,10,14H,3,6,13H2. The first kappa shape index (κ1) is 10.6. The summed E-state index contributed by atoms with van der Waals surface area (Å²) >= 11 is 0. The molecule has 3 N–H and O–H groups in total. The van der Waals surface area contributed by atoms with E-state index in [-0.39, 0.29) is 18.6 Å². The van der Waals surface area contributed by atoms with Gasteiger partial charge in [0, 0.05) is 11.6 Å². The summed E-state index contributed by atoms with van der Waals surface area (Å²) in [6.07, 6.45) is 0.151. The van der Waals surface area contributed by atoms with Crippen molar-refractivity contribution in [3.8, 4) is 6.07 Å². The van der Waals surface area contributed by atoms with Crippen molar-refractivity contribution in [2.75, 3.05) is 0 Å². The fraction of sp³-hybridized carbons (Fsp3) is 0.300. The number of hydrogen-bond acceptors (Lipinski definition) is 3. The first-order valence-corrected chi connectivity index (χ1v) is 4.20. The van der Waals surface area contributed by atoms with Gasteiger partial charge in [-0.1, -0.05) is 12.1 Å². The lowest BCUT2D eigenvalue weighted by Gasteiger charge is -2.08. The summed E-state index contributed by atoms with van der Waals surface area (Å²) in [5, 5.41) is 17.1. The van der Waals surface area contributed by atoms with Gasteiger partial charge < -0.3 is 10.8 Å². The summed E-state index contributed by atoms with van der Waals surface area (Å²) < 4.78 is 13.2. The van der Waals surface area contributed by atoms with Crippen LogP contribution < -0.4 is 5.73 Å². The van der Waals surface area contributed by atoms with E-state index in [1.807, 2.05) is 6.07 Å².